The number of aromatic nitrogens is 3. The van der Waals surface area contributed by atoms with Crippen LogP contribution in [-0.2, 0) is 102 Å². The second kappa shape index (κ2) is 52.9. The number of urea groups is 1. The van der Waals surface area contributed by atoms with Crippen molar-refractivity contribution >= 4 is 123 Å². The topological polar surface area (TPSA) is 625 Å². The number of amides is 16. The van der Waals surface area contributed by atoms with Crippen LogP contribution in [0.2, 0.25) is 0 Å². The minimum atomic E-state index is -1.87. The summed E-state index contributed by atoms with van der Waals surface area (Å²) in [4.78, 5) is 247. The number of hydrogen-bond donors (Lipinski definition) is 19. The van der Waals surface area contributed by atoms with Crippen LogP contribution in [0.15, 0.2) is 91.5 Å². The number of carbonyl (C=O) groups is 17. The van der Waals surface area contributed by atoms with Gasteiger partial charge in [-0.2, -0.15) is 0 Å². The molecule has 16 amide bonds. The van der Waals surface area contributed by atoms with E-state index < -0.39 is 175 Å². The molecule has 0 radical (unpaired) electrons. The Balaban J connectivity index is 1.07. The summed E-state index contributed by atoms with van der Waals surface area (Å²) in [5.74, 6) is -11.4. The van der Waals surface area contributed by atoms with E-state index in [0.717, 1.165) is 0 Å². The molecule has 2 aromatic heterocycles. The first-order chi connectivity index (χ1) is 63.2. The molecule has 2 saturated heterocycles. The molecule has 11 atom stereocenters. The number of ketones is 1. The number of fused-ring (bicyclic) bond motifs is 1. The molecule has 4 heterocycles. The summed E-state index contributed by atoms with van der Waals surface area (Å²) in [6, 6.07) is 3.68. The molecule has 0 bridgehead atoms. The molecule has 7 rings (SSSR count). The van der Waals surface area contributed by atoms with E-state index in [1.165, 1.54) is 65.6 Å². The molecule has 43 nitrogen and oxygen atoms in total. The third-order valence-corrected chi connectivity index (χ3v) is 22.1. The number of ether oxygens (including phenoxy) is 3. The van der Waals surface area contributed by atoms with E-state index >= 15 is 4.79 Å². The largest absolute Gasteiger partial charge is 0.464 e. The van der Waals surface area contributed by atoms with Crippen molar-refractivity contribution in [2.24, 2.45) is 35.1 Å². The molecule has 0 spiro atoms. The van der Waals surface area contributed by atoms with Gasteiger partial charge in [-0.25, -0.2) is 24.2 Å². The van der Waals surface area contributed by atoms with Crippen molar-refractivity contribution in [3.8, 4) is 5.75 Å². The van der Waals surface area contributed by atoms with Crippen LogP contribution in [0.4, 0.5) is 20.1 Å². The number of likely N-dealkylation sites (tertiary alicyclic amines) is 1. The minimum absolute atomic E-state index is 0.00300. The number of nitrogens with zero attached hydrogens (tertiary/aromatic N) is 4. The molecule has 0 aliphatic carbocycles. The normalized spacial score (nSPS) is 15.5. The Morgan fingerprint density at radius 2 is 1.15 bits per heavy atom. The lowest BCUT2D eigenvalue weighted by atomic mass is 9.98. The van der Waals surface area contributed by atoms with Crippen LogP contribution < -0.4 is 85.3 Å². The van der Waals surface area contributed by atoms with Crippen molar-refractivity contribution in [1.82, 2.24) is 93.5 Å². The summed E-state index contributed by atoms with van der Waals surface area (Å²) in [5.41, 5.74) is 13.4. The van der Waals surface area contributed by atoms with Gasteiger partial charge in [-0.3, -0.25) is 67.7 Å². The van der Waals surface area contributed by atoms with Gasteiger partial charge in [-0.15, -0.1) is 0 Å². The van der Waals surface area contributed by atoms with E-state index in [-0.39, 0.29) is 164 Å². The number of aliphatic hydroxyl groups excluding tert-OH is 1. The number of aliphatic hydroxyl groups is 1. The molecular weight excluding hydrogens is 1730 g/mol. The van der Waals surface area contributed by atoms with Crippen molar-refractivity contribution in [2.75, 3.05) is 65.3 Å². The third-order valence-electron chi connectivity index (χ3n) is 22.1. The molecular formula is C90H130N22O21. The van der Waals surface area contributed by atoms with Gasteiger partial charge in [-0.05, 0) is 129 Å². The maximum Gasteiger partial charge on any atom is 0.415 e. The number of esters is 1. The molecule has 3 aromatic carbocycles. The number of H-pyrrole nitrogens is 2. The Bertz CT molecular complexity index is 4830. The highest BCUT2D eigenvalue weighted by atomic mass is 16.6. The number of hydrogen-bond acceptors (Lipinski definition) is 23. The molecule has 726 valence electrons. The standard InChI is InChI=1S/C90H130N22O21/c1-12-131-86(127)71-22-17-37-112(71)85(126)64(21-16-35-95-87(91)92)102-78(119)65(40-50(2)3)103-79(120)66(41-51(4)5)104-80(121)67(105-83(124)70(47-113)108-81(122)68(43-56-45-97-61-19-14-13-18-60(56)61)106-82(123)69(44-58-46-94-49-98-58)107-77(118)63-31-33-73(115)100-63)42-54-25-29-59(30-26-54)133-90(130)111(11)39-38-110(10)89(129)132-48-55-23-27-57(28-24-55)99-76(117)62(20-15-36-96-88(93)128)101-84(125)75(53(8)9)109-74(116)34-32-72(114)52(6)7/h13-14,18-19,23-30,45-46,49-53,62-71,75,97,113H,12,15-17,20-22,31-44,47-48H2,1-11H3,(H,94,98)(H,99,117)(H,100,115)(H,101,125)(H,102,119)(H,103,120)(H,104,121)(H,105,124)(H,106,123)(H,107,118)(H,108,122)(H,109,116)(H4,91,92,95)(H3,93,96,128)/t62-,63-,64-,65-,66-,67-,68-,69-,70-,71-,75-/m0/s1. The molecule has 133 heavy (non-hydrogen) atoms. The van der Waals surface area contributed by atoms with Gasteiger partial charge in [0.25, 0.3) is 0 Å². The SMILES string of the molecule is CCOC(=O)[C@@H]1CCCN1C(=O)[C@H](CCCNC(=N)N)NC(=O)[C@H](CC(C)C)NC(=O)[C@H](CC(C)C)NC(=O)[C@H](Cc1ccc(OC(=O)N(C)CCN(C)C(=O)OCc2ccc(NC(=O)[C@H](CCCNC(N)=O)NC(=O)[C@@H](NC(=O)CCC(=O)C(C)C)C(C)C)cc2)cc1)NC(=O)[C@H](CO)NC(=O)[C@H](Cc1c[nH]c2ccccc12)NC(=O)[C@H](Cc1c[nH]cn1)NC(=O)[C@@H]1CCC(=O)N1. The number of likely N-dealkylation sites (N-methyl/N-ethyl adjacent to an activating group) is 2. The van der Waals surface area contributed by atoms with E-state index in [0.29, 0.717) is 51.8 Å². The van der Waals surface area contributed by atoms with Crippen molar-refractivity contribution < 1.29 is 101 Å². The summed E-state index contributed by atoms with van der Waals surface area (Å²) < 4.78 is 16.5. The second-order valence-corrected chi connectivity index (χ2v) is 34.5. The lowest BCUT2D eigenvalue weighted by molar-refractivity contribution is -0.154. The van der Waals surface area contributed by atoms with Gasteiger partial charge in [-0.1, -0.05) is 97.9 Å². The van der Waals surface area contributed by atoms with E-state index in [1.54, 1.807) is 117 Å². The van der Waals surface area contributed by atoms with Crippen LogP contribution in [0.5, 0.6) is 5.75 Å². The number of guanidine groups is 1. The fourth-order valence-corrected chi connectivity index (χ4v) is 14.7. The first-order valence-corrected chi connectivity index (χ1v) is 44.8. The highest BCUT2D eigenvalue weighted by Gasteiger charge is 2.42. The number of aromatic amines is 2. The van der Waals surface area contributed by atoms with Gasteiger partial charge in [0.05, 0.1) is 25.2 Å². The molecule has 2 aliphatic rings. The van der Waals surface area contributed by atoms with Crippen LogP contribution in [0, 0.1) is 29.1 Å². The van der Waals surface area contributed by atoms with Gasteiger partial charge in [0, 0.05) is 120 Å². The second-order valence-electron chi connectivity index (χ2n) is 34.5. The molecule has 21 N–H and O–H groups in total. The van der Waals surface area contributed by atoms with Crippen LogP contribution in [0.1, 0.15) is 162 Å². The lowest BCUT2D eigenvalue weighted by Crippen LogP contribution is -2.61. The zero-order valence-corrected chi connectivity index (χ0v) is 77.1. The van der Waals surface area contributed by atoms with Crippen LogP contribution in [0.25, 0.3) is 10.9 Å². The Hall–Kier alpha value is -13.8. The molecule has 2 fully saturated rings. The summed E-state index contributed by atoms with van der Waals surface area (Å²) in [5, 5.41) is 54.1. The van der Waals surface area contributed by atoms with Crippen molar-refractivity contribution in [1.29, 1.82) is 5.41 Å². The maximum atomic E-state index is 15.3. The van der Waals surface area contributed by atoms with E-state index in [2.05, 4.69) is 84.1 Å². The maximum absolute atomic E-state index is 15.3. The number of imidazole rings is 1. The molecule has 0 saturated carbocycles. The summed E-state index contributed by atoms with van der Waals surface area (Å²) >= 11 is 0. The van der Waals surface area contributed by atoms with Crippen molar-refractivity contribution in [3.05, 3.63) is 114 Å². The fraction of sp³-hybridized carbons (Fsp3) is 0.544. The average molecular weight is 1860 g/mol. The fourth-order valence-electron chi connectivity index (χ4n) is 14.7. The average Bonchev–Trinajstić information content (AvgIpc) is 1.71. The Kier molecular flexibility index (Phi) is 42.3. The first kappa shape index (κ1) is 106. The van der Waals surface area contributed by atoms with Gasteiger partial charge in [0.15, 0.2) is 5.96 Å². The lowest BCUT2D eigenvalue weighted by Gasteiger charge is -2.30. The van der Waals surface area contributed by atoms with E-state index in [1.807, 2.05) is 0 Å². The molecule has 43 heteroatoms. The number of primary amides is 1. The van der Waals surface area contributed by atoms with Gasteiger partial charge >= 0.3 is 24.2 Å². The zero-order chi connectivity index (χ0) is 97.7. The number of nitrogens with two attached hydrogens (primary N) is 2. The number of para-hydroxylation sites is 1. The quantitative estimate of drug-likeness (QED) is 0.0113. The minimum Gasteiger partial charge on any atom is -0.464 e. The number of carbonyl (C=O) groups excluding carboxylic acids is 17. The predicted octanol–water partition coefficient (Wildman–Crippen LogP) is 1.21. The van der Waals surface area contributed by atoms with E-state index in [4.69, 9.17) is 31.1 Å². The van der Waals surface area contributed by atoms with Crippen molar-refractivity contribution in [2.45, 2.75) is 232 Å². The first-order valence-electron chi connectivity index (χ1n) is 44.8. The number of benzene rings is 3. The van der Waals surface area contributed by atoms with Gasteiger partial charge in [0.2, 0.25) is 70.9 Å². The predicted molar refractivity (Wildman–Crippen MR) is 487 cm³/mol. The molecule has 2 aliphatic heterocycles. The number of anilines is 1. The Labute approximate surface area is 771 Å². The monoisotopic (exact) mass is 1850 g/mol. The summed E-state index contributed by atoms with van der Waals surface area (Å²) in [6.07, 6.45) is 3.39. The molecule has 5 aromatic rings. The van der Waals surface area contributed by atoms with Gasteiger partial charge < -0.3 is 125 Å². The zero-order valence-electron chi connectivity index (χ0n) is 77.1. The number of nitrogens with one attached hydrogen (secondary N) is 16. The summed E-state index contributed by atoms with van der Waals surface area (Å²) in [7, 11) is 2.85. The van der Waals surface area contributed by atoms with Crippen LogP contribution in [0.3, 0.4) is 0 Å². The van der Waals surface area contributed by atoms with Gasteiger partial charge in [0.1, 0.15) is 84.6 Å². The summed E-state index contributed by atoms with van der Waals surface area (Å²) in [6.45, 7) is 14.7. The Morgan fingerprint density at radius 3 is 1.72 bits per heavy atom. The smallest absolute Gasteiger partial charge is 0.415 e. The van der Waals surface area contributed by atoms with Crippen LogP contribution >= 0.6 is 0 Å². The Morgan fingerprint density at radius 1 is 0.594 bits per heavy atom. The number of rotatable bonds is 52. The van der Waals surface area contributed by atoms with Crippen molar-refractivity contribution in [3.63, 3.8) is 0 Å². The van der Waals surface area contributed by atoms with E-state index in [9.17, 15) is 81.8 Å². The number of Topliss-reactive ketones (excluding diaryl/α,β-unsaturated/α-hetero) is 1. The molecule has 0 unspecified atom stereocenters. The highest BCUT2D eigenvalue weighted by molar-refractivity contribution is 6.01. The van der Waals surface area contributed by atoms with Crippen LogP contribution in [-0.4, -0.2) is 268 Å². The highest BCUT2D eigenvalue weighted by Crippen LogP contribution is 2.25. The third kappa shape index (κ3) is 34.8.